The zero-order valence-corrected chi connectivity index (χ0v) is 17.3. The van der Waals surface area contributed by atoms with Crippen molar-refractivity contribution in [2.75, 3.05) is 26.3 Å². The topological polar surface area (TPSA) is 84.9 Å². The van der Waals surface area contributed by atoms with Gasteiger partial charge < -0.3 is 14.8 Å². The summed E-state index contributed by atoms with van der Waals surface area (Å²) in [6.07, 6.45) is 1.69. The SMILES string of the molecule is CCOc1ccc(OCC(=O)NCCN2C(=O)S/C(=C\c3ccccc3)C2=O)cc1. The summed E-state index contributed by atoms with van der Waals surface area (Å²) in [5.74, 6) is 0.586. The van der Waals surface area contributed by atoms with Gasteiger partial charge in [0, 0.05) is 13.1 Å². The molecule has 3 amide bonds. The minimum absolute atomic E-state index is 0.103. The summed E-state index contributed by atoms with van der Waals surface area (Å²) >= 11 is 0.898. The summed E-state index contributed by atoms with van der Waals surface area (Å²) < 4.78 is 10.8. The molecule has 2 aromatic carbocycles. The summed E-state index contributed by atoms with van der Waals surface area (Å²) in [4.78, 5) is 38.0. The lowest BCUT2D eigenvalue weighted by Gasteiger charge is -2.13. The van der Waals surface area contributed by atoms with Gasteiger partial charge in [0.15, 0.2) is 6.61 Å². The van der Waals surface area contributed by atoms with Gasteiger partial charge in [0.1, 0.15) is 11.5 Å². The van der Waals surface area contributed by atoms with Crippen LogP contribution in [0.25, 0.3) is 6.08 Å². The molecule has 0 saturated carbocycles. The van der Waals surface area contributed by atoms with E-state index in [-0.39, 0.29) is 36.7 Å². The van der Waals surface area contributed by atoms with Crippen LogP contribution < -0.4 is 14.8 Å². The summed E-state index contributed by atoms with van der Waals surface area (Å²) in [5, 5.41) is 2.31. The number of rotatable bonds is 9. The number of nitrogens with zero attached hydrogens (tertiary/aromatic N) is 1. The van der Waals surface area contributed by atoms with Crippen molar-refractivity contribution < 1.29 is 23.9 Å². The quantitative estimate of drug-likeness (QED) is 0.619. The Hall–Kier alpha value is -3.26. The van der Waals surface area contributed by atoms with Crippen molar-refractivity contribution in [3.05, 3.63) is 65.1 Å². The number of benzene rings is 2. The lowest BCUT2D eigenvalue weighted by molar-refractivity contribution is -0.125. The van der Waals surface area contributed by atoms with E-state index in [4.69, 9.17) is 9.47 Å². The minimum Gasteiger partial charge on any atom is -0.494 e. The normalized spacial score (nSPS) is 14.8. The molecule has 0 atom stereocenters. The van der Waals surface area contributed by atoms with Crippen LogP contribution in [0.1, 0.15) is 12.5 Å². The fraction of sp³-hybridized carbons (Fsp3) is 0.227. The maximum atomic E-state index is 12.4. The molecule has 0 spiro atoms. The molecule has 1 aliphatic rings. The first-order valence-electron chi connectivity index (χ1n) is 9.49. The predicted octanol–water partition coefficient (Wildman–Crippen LogP) is 3.32. The Morgan fingerprint density at radius 3 is 2.37 bits per heavy atom. The molecule has 156 valence electrons. The van der Waals surface area contributed by atoms with E-state index in [0.29, 0.717) is 17.3 Å². The molecule has 1 fully saturated rings. The number of ether oxygens (including phenoxy) is 2. The van der Waals surface area contributed by atoms with Gasteiger partial charge in [-0.05, 0) is 54.6 Å². The second-order valence-corrected chi connectivity index (χ2v) is 7.28. The highest BCUT2D eigenvalue weighted by Crippen LogP contribution is 2.31. The molecule has 8 heteroatoms. The van der Waals surface area contributed by atoms with Crippen molar-refractivity contribution in [1.29, 1.82) is 0 Å². The molecule has 0 bridgehead atoms. The Kier molecular flexibility index (Phi) is 7.51. The first kappa shape index (κ1) is 21.4. The first-order valence-corrected chi connectivity index (χ1v) is 10.3. The molecule has 30 heavy (non-hydrogen) atoms. The molecule has 0 aliphatic carbocycles. The summed E-state index contributed by atoms with van der Waals surface area (Å²) in [7, 11) is 0. The van der Waals surface area contributed by atoms with E-state index in [2.05, 4.69) is 5.32 Å². The van der Waals surface area contributed by atoms with E-state index in [0.717, 1.165) is 28.0 Å². The van der Waals surface area contributed by atoms with E-state index in [1.54, 1.807) is 30.3 Å². The average molecular weight is 426 g/mol. The van der Waals surface area contributed by atoms with Crippen LogP contribution in [0.2, 0.25) is 0 Å². The average Bonchev–Trinajstić information content (AvgIpc) is 3.01. The summed E-state index contributed by atoms with van der Waals surface area (Å²) in [6, 6.07) is 16.3. The molecular formula is C22H22N2O5S. The van der Waals surface area contributed by atoms with Gasteiger partial charge in [-0.1, -0.05) is 30.3 Å². The second-order valence-electron chi connectivity index (χ2n) is 6.29. The highest BCUT2D eigenvalue weighted by atomic mass is 32.2. The Labute approximate surface area is 179 Å². The van der Waals surface area contributed by atoms with Crippen LogP contribution in [0.3, 0.4) is 0 Å². The maximum Gasteiger partial charge on any atom is 0.293 e. The minimum atomic E-state index is -0.353. The Morgan fingerprint density at radius 2 is 1.70 bits per heavy atom. The van der Waals surface area contributed by atoms with Gasteiger partial charge in [-0.25, -0.2) is 0 Å². The lowest BCUT2D eigenvalue weighted by atomic mass is 10.2. The number of carbonyl (C=O) groups is 3. The summed E-state index contributed by atoms with van der Waals surface area (Å²) in [5.41, 5.74) is 0.850. The van der Waals surface area contributed by atoms with Crippen molar-refractivity contribution in [3.8, 4) is 11.5 Å². The van der Waals surface area contributed by atoms with E-state index in [9.17, 15) is 14.4 Å². The van der Waals surface area contributed by atoms with Crippen molar-refractivity contribution in [2.45, 2.75) is 6.92 Å². The van der Waals surface area contributed by atoms with Crippen molar-refractivity contribution in [1.82, 2.24) is 10.2 Å². The van der Waals surface area contributed by atoms with Crippen molar-refractivity contribution in [2.24, 2.45) is 0 Å². The van der Waals surface area contributed by atoms with Crippen LogP contribution in [-0.2, 0) is 9.59 Å². The monoisotopic (exact) mass is 426 g/mol. The molecular weight excluding hydrogens is 404 g/mol. The predicted molar refractivity (Wildman–Crippen MR) is 115 cm³/mol. The molecule has 2 aromatic rings. The van der Waals surface area contributed by atoms with Crippen LogP contribution in [0.15, 0.2) is 59.5 Å². The van der Waals surface area contributed by atoms with Crippen LogP contribution in [-0.4, -0.2) is 48.3 Å². The van der Waals surface area contributed by atoms with Gasteiger partial charge in [0.2, 0.25) is 0 Å². The van der Waals surface area contributed by atoms with Gasteiger partial charge in [0.05, 0.1) is 11.5 Å². The molecule has 1 saturated heterocycles. The number of imide groups is 1. The van der Waals surface area contributed by atoms with Crippen molar-refractivity contribution >= 4 is 34.9 Å². The standard InChI is InChI=1S/C22H22N2O5S/c1-2-28-17-8-10-18(11-9-17)29-15-20(25)23-12-13-24-21(26)19(30-22(24)27)14-16-6-4-3-5-7-16/h3-11,14H,2,12-13,15H2,1H3,(H,23,25)/b19-14-. The number of amides is 3. The molecule has 1 aliphatic heterocycles. The van der Waals surface area contributed by atoms with Crippen LogP contribution in [0, 0.1) is 0 Å². The molecule has 0 unspecified atom stereocenters. The van der Waals surface area contributed by atoms with Gasteiger partial charge in [-0.15, -0.1) is 0 Å². The zero-order chi connectivity index (χ0) is 21.3. The van der Waals surface area contributed by atoms with Gasteiger partial charge in [0.25, 0.3) is 17.1 Å². The first-order chi connectivity index (χ1) is 14.6. The third kappa shape index (κ3) is 5.87. The smallest absolute Gasteiger partial charge is 0.293 e. The molecule has 1 heterocycles. The molecule has 0 aromatic heterocycles. The van der Waals surface area contributed by atoms with E-state index in [1.807, 2.05) is 37.3 Å². The Morgan fingerprint density at radius 1 is 1.03 bits per heavy atom. The van der Waals surface area contributed by atoms with Crippen molar-refractivity contribution in [3.63, 3.8) is 0 Å². The lowest BCUT2D eigenvalue weighted by Crippen LogP contribution is -2.38. The summed E-state index contributed by atoms with van der Waals surface area (Å²) in [6.45, 7) is 2.57. The third-order valence-electron chi connectivity index (χ3n) is 4.13. The third-order valence-corrected chi connectivity index (χ3v) is 5.04. The maximum absolute atomic E-state index is 12.4. The molecule has 1 N–H and O–H groups in total. The van der Waals surface area contributed by atoms with Crippen LogP contribution in [0.4, 0.5) is 4.79 Å². The number of thioether (sulfide) groups is 1. The van der Waals surface area contributed by atoms with E-state index >= 15 is 0 Å². The number of nitrogens with one attached hydrogen (secondary N) is 1. The van der Waals surface area contributed by atoms with E-state index < -0.39 is 0 Å². The van der Waals surface area contributed by atoms with E-state index in [1.165, 1.54) is 0 Å². The number of hydrogen-bond acceptors (Lipinski definition) is 6. The highest BCUT2D eigenvalue weighted by Gasteiger charge is 2.34. The van der Waals surface area contributed by atoms with Gasteiger partial charge >= 0.3 is 0 Å². The molecule has 3 rings (SSSR count). The number of hydrogen-bond donors (Lipinski definition) is 1. The fourth-order valence-electron chi connectivity index (χ4n) is 2.70. The molecule has 0 radical (unpaired) electrons. The second kappa shape index (κ2) is 10.5. The van der Waals surface area contributed by atoms with Gasteiger partial charge in [-0.3, -0.25) is 19.3 Å². The van der Waals surface area contributed by atoms with Crippen LogP contribution in [0.5, 0.6) is 11.5 Å². The Bertz CT molecular complexity index is 928. The van der Waals surface area contributed by atoms with Gasteiger partial charge in [-0.2, -0.15) is 0 Å². The highest BCUT2D eigenvalue weighted by molar-refractivity contribution is 8.18. The number of carbonyl (C=O) groups excluding carboxylic acids is 3. The van der Waals surface area contributed by atoms with Crippen LogP contribution >= 0.6 is 11.8 Å². The fourth-order valence-corrected chi connectivity index (χ4v) is 3.56. The zero-order valence-electron chi connectivity index (χ0n) is 16.5. The largest absolute Gasteiger partial charge is 0.494 e. The Balaban J connectivity index is 1.43. The molecule has 7 nitrogen and oxygen atoms in total.